The summed E-state index contributed by atoms with van der Waals surface area (Å²) in [5, 5.41) is 16.9. The molecule has 3 aromatic heterocycles. The largest absolute Gasteiger partial charge is 0.497 e. The zero-order valence-electron chi connectivity index (χ0n) is 18.4. The molecular weight excluding hydrogens is 436 g/mol. The van der Waals surface area contributed by atoms with Crippen LogP contribution in [-0.4, -0.2) is 43.0 Å². The number of nitrogens with zero attached hydrogens (tertiary/aromatic N) is 5. The van der Waals surface area contributed by atoms with Crippen molar-refractivity contribution in [1.29, 1.82) is 0 Å². The van der Waals surface area contributed by atoms with Crippen molar-refractivity contribution in [3.8, 4) is 17.0 Å². The highest BCUT2D eigenvalue weighted by Crippen LogP contribution is 2.27. The molecule has 9 heteroatoms. The van der Waals surface area contributed by atoms with Crippen molar-refractivity contribution in [3.05, 3.63) is 72.1 Å². The Kier molecular flexibility index (Phi) is 5.47. The first kappa shape index (κ1) is 21.0. The smallest absolute Gasteiger partial charge is 0.234 e. The first-order chi connectivity index (χ1) is 16.0. The number of fused-ring (bicyclic) bond motifs is 3. The molecule has 5 aromatic rings. The van der Waals surface area contributed by atoms with E-state index in [1.54, 1.807) is 31.4 Å². The van der Waals surface area contributed by atoms with Crippen LogP contribution in [-0.2, 0) is 4.79 Å². The van der Waals surface area contributed by atoms with E-state index in [0.717, 1.165) is 22.5 Å². The molecule has 0 aliphatic rings. The summed E-state index contributed by atoms with van der Waals surface area (Å²) in [6, 6.07) is 15.6. The van der Waals surface area contributed by atoms with Crippen LogP contribution in [0.3, 0.4) is 0 Å². The van der Waals surface area contributed by atoms with Gasteiger partial charge in [0.15, 0.2) is 10.8 Å². The Balaban J connectivity index is 1.36. The highest BCUT2D eigenvalue weighted by molar-refractivity contribution is 7.99. The lowest BCUT2D eigenvalue weighted by molar-refractivity contribution is -0.113. The minimum absolute atomic E-state index is 0.121. The molecule has 0 aliphatic carbocycles. The van der Waals surface area contributed by atoms with Gasteiger partial charge < -0.3 is 10.1 Å². The Morgan fingerprint density at radius 2 is 1.88 bits per heavy atom. The standard InChI is InChI=1S/C24H22N6O2S/c1-15-4-5-16(2)19(12-15)20-13-21-23-26-27-24(29(23)10-11-30(21)28-20)33-14-22(31)25-17-6-8-18(32-3)9-7-17/h4-13H,14H2,1-3H3,(H,25,31). The van der Waals surface area contributed by atoms with Crippen LogP contribution in [0, 0.1) is 13.8 Å². The molecule has 0 saturated heterocycles. The number of hydrogen-bond acceptors (Lipinski definition) is 6. The molecule has 0 aliphatic heterocycles. The van der Waals surface area contributed by atoms with Crippen molar-refractivity contribution < 1.29 is 9.53 Å². The molecule has 0 spiro atoms. The maximum Gasteiger partial charge on any atom is 0.234 e. The molecule has 0 bridgehead atoms. The number of methoxy groups -OCH3 is 1. The maximum absolute atomic E-state index is 12.4. The topological polar surface area (TPSA) is 85.8 Å². The van der Waals surface area contributed by atoms with Crippen molar-refractivity contribution in [3.63, 3.8) is 0 Å². The van der Waals surface area contributed by atoms with Gasteiger partial charge in [0.1, 0.15) is 11.3 Å². The zero-order valence-corrected chi connectivity index (χ0v) is 19.3. The summed E-state index contributed by atoms with van der Waals surface area (Å²) in [4.78, 5) is 12.4. The normalized spacial score (nSPS) is 11.2. The molecular formula is C24H22N6O2S. The number of aryl methyl sites for hydroxylation is 2. The zero-order chi connectivity index (χ0) is 22.9. The van der Waals surface area contributed by atoms with Gasteiger partial charge in [-0.25, -0.2) is 4.52 Å². The van der Waals surface area contributed by atoms with E-state index in [1.807, 2.05) is 27.4 Å². The number of aromatic nitrogens is 5. The Bertz CT molecular complexity index is 1470. The minimum atomic E-state index is -0.121. The van der Waals surface area contributed by atoms with Crippen LogP contribution in [0.25, 0.3) is 22.4 Å². The van der Waals surface area contributed by atoms with Gasteiger partial charge in [0.2, 0.25) is 5.91 Å². The molecule has 3 heterocycles. The van der Waals surface area contributed by atoms with Crippen molar-refractivity contribution in [1.82, 2.24) is 24.2 Å². The average Bonchev–Trinajstić information content (AvgIpc) is 3.43. The number of benzene rings is 2. The van der Waals surface area contributed by atoms with Gasteiger partial charge in [-0.2, -0.15) is 5.10 Å². The van der Waals surface area contributed by atoms with Crippen molar-refractivity contribution in [2.45, 2.75) is 19.0 Å². The summed E-state index contributed by atoms with van der Waals surface area (Å²) in [6.07, 6.45) is 3.74. The van der Waals surface area contributed by atoms with Crippen molar-refractivity contribution in [2.24, 2.45) is 0 Å². The Labute approximate surface area is 194 Å². The van der Waals surface area contributed by atoms with Crippen LogP contribution >= 0.6 is 11.8 Å². The van der Waals surface area contributed by atoms with Gasteiger partial charge in [-0.1, -0.05) is 29.5 Å². The van der Waals surface area contributed by atoms with Gasteiger partial charge in [-0.3, -0.25) is 9.20 Å². The van der Waals surface area contributed by atoms with E-state index in [0.29, 0.717) is 16.5 Å². The lowest BCUT2D eigenvalue weighted by atomic mass is 10.0. The van der Waals surface area contributed by atoms with Crippen LogP contribution in [0.4, 0.5) is 5.69 Å². The molecule has 1 amide bonds. The first-order valence-electron chi connectivity index (χ1n) is 10.4. The molecule has 2 aromatic carbocycles. The van der Waals surface area contributed by atoms with E-state index in [2.05, 4.69) is 47.6 Å². The van der Waals surface area contributed by atoms with E-state index in [4.69, 9.17) is 9.84 Å². The number of thioether (sulfide) groups is 1. The fourth-order valence-electron chi connectivity index (χ4n) is 3.63. The second-order valence-electron chi connectivity index (χ2n) is 7.72. The van der Waals surface area contributed by atoms with Crippen LogP contribution in [0.1, 0.15) is 11.1 Å². The molecule has 0 atom stereocenters. The Morgan fingerprint density at radius 1 is 1.06 bits per heavy atom. The monoisotopic (exact) mass is 458 g/mol. The SMILES string of the molecule is COc1ccc(NC(=O)CSc2nnc3c4cc(-c5cc(C)ccc5C)nn4ccn23)cc1. The number of hydrogen-bond donors (Lipinski definition) is 1. The molecule has 0 radical (unpaired) electrons. The van der Waals surface area contributed by atoms with E-state index in [9.17, 15) is 4.79 Å². The van der Waals surface area contributed by atoms with E-state index >= 15 is 0 Å². The first-order valence-corrected chi connectivity index (χ1v) is 11.4. The van der Waals surface area contributed by atoms with Gasteiger partial charge in [-0.05, 0) is 55.8 Å². The minimum Gasteiger partial charge on any atom is -0.497 e. The Morgan fingerprint density at radius 3 is 2.67 bits per heavy atom. The average molecular weight is 459 g/mol. The predicted octanol–water partition coefficient (Wildman–Crippen LogP) is 4.40. The second-order valence-corrected chi connectivity index (χ2v) is 8.66. The van der Waals surface area contributed by atoms with Gasteiger partial charge in [0.05, 0.1) is 18.6 Å². The summed E-state index contributed by atoms with van der Waals surface area (Å²) in [5.74, 6) is 0.833. The van der Waals surface area contributed by atoms with Crippen LogP contribution in [0.5, 0.6) is 5.75 Å². The number of amides is 1. The Hall–Kier alpha value is -3.85. The van der Waals surface area contributed by atoms with Crippen LogP contribution in [0.2, 0.25) is 0 Å². The summed E-state index contributed by atoms with van der Waals surface area (Å²) in [7, 11) is 1.61. The molecule has 8 nitrogen and oxygen atoms in total. The number of nitrogens with one attached hydrogen (secondary N) is 1. The molecule has 0 saturated carbocycles. The number of anilines is 1. The summed E-state index contributed by atoms with van der Waals surface area (Å²) in [6.45, 7) is 4.15. The van der Waals surface area contributed by atoms with E-state index in [-0.39, 0.29) is 11.7 Å². The third kappa shape index (κ3) is 4.14. The fraction of sp³-hybridized carbons (Fsp3) is 0.167. The molecule has 0 unspecified atom stereocenters. The van der Waals surface area contributed by atoms with E-state index in [1.165, 1.54) is 22.9 Å². The summed E-state index contributed by atoms with van der Waals surface area (Å²) in [5.41, 5.74) is 6.61. The lowest BCUT2D eigenvalue weighted by Crippen LogP contribution is -2.14. The highest BCUT2D eigenvalue weighted by atomic mass is 32.2. The number of ether oxygens (including phenoxy) is 1. The highest BCUT2D eigenvalue weighted by Gasteiger charge is 2.15. The fourth-order valence-corrected chi connectivity index (χ4v) is 4.35. The maximum atomic E-state index is 12.4. The predicted molar refractivity (Wildman–Crippen MR) is 129 cm³/mol. The van der Waals surface area contributed by atoms with Crippen LogP contribution < -0.4 is 10.1 Å². The number of carbonyl (C=O) groups excluding carboxylic acids is 1. The van der Waals surface area contributed by atoms with Gasteiger partial charge in [-0.15, -0.1) is 10.2 Å². The number of rotatable bonds is 6. The van der Waals surface area contributed by atoms with Gasteiger partial charge in [0.25, 0.3) is 0 Å². The van der Waals surface area contributed by atoms with Crippen molar-refractivity contribution >= 4 is 34.5 Å². The lowest BCUT2D eigenvalue weighted by Gasteiger charge is -2.06. The second kappa shape index (κ2) is 8.59. The third-order valence-electron chi connectivity index (χ3n) is 5.36. The molecule has 5 rings (SSSR count). The quantitative estimate of drug-likeness (QED) is 0.380. The molecule has 166 valence electrons. The summed E-state index contributed by atoms with van der Waals surface area (Å²) < 4.78 is 8.83. The third-order valence-corrected chi connectivity index (χ3v) is 6.30. The van der Waals surface area contributed by atoms with Crippen LogP contribution in [0.15, 0.2) is 66.1 Å². The summed E-state index contributed by atoms with van der Waals surface area (Å²) >= 11 is 1.33. The van der Waals surface area contributed by atoms with Crippen molar-refractivity contribution in [2.75, 3.05) is 18.2 Å². The van der Waals surface area contributed by atoms with E-state index < -0.39 is 0 Å². The molecule has 33 heavy (non-hydrogen) atoms. The number of carbonyl (C=O) groups is 1. The van der Waals surface area contributed by atoms with Gasteiger partial charge >= 0.3 is 0 Å². The molecule has 1 N–H and O–H groups in total. The van der Waals surface area contributed by atoms with Gasteiger partial charge in [0, 0.05) is 23.6 Å². The molecule has 0 fully saturated rings.